The Balaban J connectivity index is 2.62. The van der Waals surface area contributed by atoms with E-state index < -0.39 is 7.12 Å². The first-order chi connectivity index (χ1) is 9.08. The molecule has 106 valence electrons. The van der Waals surface area contributed by atoms with Crippen LogP contribution in [0.4, 0.5) is 0 Å². The highest BCUT2D eigenvalue weighted by Gasteiger charge is 2.14. The van der Waals surface area contributed by atoms with E-state index in [1.54, 1.807) is 25.3 Å². The van der Waals surface area contributed by atoms with Gasteiger partial charge in [-0.1, -0.05) is 32.4 Å². The van der Waals surface area contributed by atoms with Gasteiger partial charge in [0.1, 0.15) is 5.75 Å². The van der Waals surface area contributed by atoms with Crippen molar-refractivity contribution in [1.29, 1.82) is 0 Å². The quantitative estimate of drug-likeness (QED) is 0.697. The van der Waals surface area contributed by atoms with Gasteiger partial charge in [-0.2, -0.15) is 0 Å². The summed E-state index contributed by atoms with van der Waals surface area (Å²) < 4.78 is 10.9. The summed E-state index contributed by atoms with van der Waals surface area (Å²) in [6.45, 7) is 5.43. The van der Waals surface area contributed by atoms with Crippen LogP contribution in [0.25, 0.3) is 0 Å². The molecule has 0 spiro atoms. The third-order valence-electron chi connectivity index (χ3n) is 3.04. The van der Waals surface area contributed by atoms with E-state index >= 15 is 0 Å². The fourth-order valence-electron chi connectivity index (χ4n) is 2.02. The number of hydrogen-bond donors (Lipinski definition) is 2. The lowest BCUT2D eigenvalue weighted by molar-refractivity contribution is 0.0879. The van der Waals surface area contributed by atoms with E-state index in [0.717, 1.165) is 18.4 Å². The Morgan fingerprint density at radius 3 is 2.63 bits per heavy atom. The first kappa shape index (κ1) is 16.0. The molecule has 2 N–H and O–H groups in total. The molecule has 0 aromatic heterocycles. The molecule has 4 nitrogen and oxygen atoms in total. The van der Waals surface area contributed by atoms with Crippen LogP contribution in [0.15, 0.2) is 18.2 Å². The molecule has 19 heavy (non-hydrogen) atoms. The van der Waals surface area contributed by atoms with Crippen molar-refractivity contribution in [1.82, 2.24) is 0 Å². The first-order valence-electron chi connectivity index (χ1n) is 6.69. The largest absolute Gasteiger partial charge is 0.496 e. The van der Waals surface area contributed by atoms with Gasteiger partial charge >= 0.3 is 7.12 Å². The van der Waals surface area contributed by atoms with Gasteiger partial charge in [0.15, 0.2) is 0 Å². The van der Waals surface area contributed by atoms with E-state index in [1.807, 2.05) is 0 Å². The second-order valence-corrected chi connectivity index (χ2v) is 4.85. The Morgan fingerprint density at radius 2 is 2.05 bits per heavy atom. The van der Waals surface area contributed by atoms with E-state index in [9.17, 15) is 0 Å². The zero-order valence-corrected chi connectivity index (χ0v) is 11.9. The lowest BCUT2D eigenvalue weighted by atomic mass is 9.79. The average molecular weight is 266 g/mol. The molecule has 0 saturated carbocycles. The summed E-state index contributed by atoms with van der Waals surface area (Å²) in [5.74, 6) is 1.23. The van der Waals surface area contributed by atoms with Gasteiger partial charge in [0.2, 0.25) is 0 Å². The van der Waals surface area contributed by atoms with Gasteiger partial charge < -0.3 is 19.5 Å². The van der Waals surface area contributed by atoms with Crippen LogP contribution >= 0.6 is 0 Å². The lowest BCUT2D eigenvalue weighted by Gasteiger charge is -2.13. The number of ether oxygens (including phenoxy) is 2. The van der Waals surface area contributed by atoms with Crippen molar-refractivity contribution in [2.24, 2.45) is 5.92 Å². The Labute approximate surface area is 115 Å². The van der Waals surface area contributed by atoms with Crippen molar-refractivity contribution in [2.75, 3.05) is 13.7 Å². The molecule has 5 heteroatoms. The summed E-state index contributed by atoms with van der Waals surface area (Å²) in [4.78, 5) is 0. The van der Waals surface area contributed by atoms with Crippen molar-refractivity contribution >= 4 is 12.6 Å². The van der Waals surface area contributed by atoms with Gasteiger partial charge in [-0.25, -0.2) is 0 Å². The average Bonchev–Trinajstić information content (AvgIpc) is 2.38. The van der Waals surface area contributed by atoms with E-state index in [2.05, 4.69) is 13.8 Å². The third kappa shape index (κ3) is 5.23. The van der Waals surface area contributed by atoms with Gasteiger partial charge in [-0.3, -0.25) is 0 Å². The molecule has 0 saturated heterocycles. The normalized spacial score (nSPS) is 12.3. The van der Waals surface area contributed by atoms with Crippen LogP contribution < -0.4 is 10.2 Å². The van der Waals surface area contributed by atoms with Crippen molar-refractivity contribution in [3.05, 3.63) is 23.8 Å². The molecule has 0 fully saturated rings. The fraction of sp³-hybridized carbons (Fsp3) is 0.571. The topological polar surface area (TPSA) is 58.9 Å². The predicted octanol–water partition coefficient (Wildman–Crippen LogP) is 1.33. The molecule has 0 heterocycles. The zero-order valence-electron chi connectivity index (χ0n) is 11.9. The molecule has 0 aliphatic heterocycles. The fourth-order valence-corrected chi connectivity index (χ4v) is 2.02. The highest BCUT2D eigenvalue weighted by molar-refractivity contribution is 6.58. The monoisotopic (exact) mass is 266 g/mol. The summed E-state index contributed by atoms with van der Waals surface area (Å²) >= 11 is 0. The number of methoxy groups -OCH3 is 1. The Bertz CT molecular complexity index is 382. The maximum Gasteiger partial charge on any atom is 0.488 e. The molecule has 0 amide bonds. The molecule has 0 aliphatic carbocycles. The molecule has 0 bridgehead atoms. The van der Waals surface area contributed by atoms with Crippen LogP contribution in [0.2, 0.25) is 0 Å². The molecule has 0 radical (unpaired) electrons. The standard InChI is InChI=1S/C14H23BO4/c1-4-5-11(2)9-19-10-12-8-13(15(16)17)6-7-14(12)18-3/h6-8,11,16-17H,4-5,9-10H2,1-3H3. The van der Waals surface area contributed by atoms with Crippen LogP contribution in [-0.2, 0) is 11.3 Å². The van der Waals surface area contributed by atoms with Crippen LogP contribution in [-0.4, -0.2) is 30.9 Å². The Hall–Kier alpha value is -1.04. The highest BCUT2D eigenvalue weighted by Crippen LogP contribution is 2.18. The second kappa shape index (κ2) is 8.20. The van der Waals surface area contributed by atoms with E-state index in [0.29, 0.717) is 30.3 Å². The van der Waals surface area contributed by atoms with Crippen molar-refractivity contribution in [3.63, 3.8) is 0 Å². The summed E-state index contributed by atoms with van der Waals surface area (Å²) in [7, 11) is 0.122. The molecule has 0 aliphatic rings. The van der Waals surface area contributed by atoms with Crippen LogP contribution in [0.1, 0.15) is 32.3 Å². The number of benzene rings is 1. The maximum absolute atomic E-state index is 9.17. The van der Waals surface area contributed by atoms with Gasteiger partial charge in [-0.15, -0.1) is 0 Å². The van der Waals surface area contributed by atoms with Crippen LogP contribution in [0.3, 0.4) is 0 Å². The second-order valence-electron chi connectivity index (χ2n) is 4.85. The minimum Gasteiger partial charge on any atom is -0.496 e. The minimum absolute atomic E-state index is 0.414. The van der Waals surface area contributed by atoms with Gasteiger partial charge in [0.25, 0.3) is 0 Å². The smallest absolute Gasteiger partial charge is 0.488 e. The van der Waals surface area contributed by atoms with Crippen molar-refractivity contribution in [2.45, 2.75) is 33.3 Å². The summed E-state index contributed by atoms with van der Waals surface area (Å²) in [5.41, 5.74) is 1.28. The molecular weight excluding hydrogens is 243 g/mol. The third-order valence-corrected chi connectivity index (χ3v) is 3.04. The summed E-state index contributed by atoms with van der Waals surface area (Å²) in [6, 6.07) is 5.06. The molecule has 1 aromatic rings. The van der Waals surface area contributed by atoms with Crippen LogP contribution in [0.5, 0.6) is 5.75 Å². The lowest BCUT2D eigenvalue weighted by Crippen LogP contribution is -2.30. The number of hydrogen-bond acceptors (Lipinski definition) is 4. The minimum atomic E-state index is -1.47. The van der Waals surface area contributed by atoms with Gasteiger partial charge in [0, 0.05) is 12.2 Å². The Morgan fingerprint density at radius 1 is 1.32 bits per heavy atom. The molecular formula is C14H23BO4. The van der Waals surface area contributed by atoms with Crippen LogP contribution in [0, 0.1) is 5.92 Å². The van der Waals surface area contributed by atoms with Crippen molar-refractivity contribution < 1.29 is 19.5 Å². The SMILES string of the molecule is CCCC(C)COCc1cc(B(O)O)ccc1OC. The van der Waals surface area contributed by atoms with Gasteiger partial charge in [-0.05, 0) is 23.9 Å². The van der Waals surface area contributed by atoms with Gasteiger partial charge in [0.05, 0.1) is 13.7 Å². The Kier molecular flexibility index (Phi) is 6.91. The molecule has 1 unspecified atom stereocenters. The predicted molar refractivity (Wildman–Crippen MR) is 76.5 cm³/mol. The number of rotatable bonds is 8. The molecule has 1 atom stereocenters. The summed E-state index contributed by atoms with van der Waals surface area (Å²) in [6.07, 6.45) is 2.30. The highest BCUT2D eigenvalue weighted by atomic mass is 16.5. The van der Waals surface area contributed by atoms with E-state index in [-0.39, 0.29) is 0 Å². The first-order valence-corrected chi connectivity index (χ1v) is 6.69. The van der Waals surface area contributed by atoms with Crippen molar-refractivity contribution in [3.8, 4) is 5.75 Å². The van der Waals surface area contributed by atoms with E-state index in [1.165, 1.54) is 0 Å². The zero-order chi connectivity index (χ0) is 14.3. The van der Waals surface area contributed by atoms with E-state index in [4.69, 9.17) is 19.5 Å². The maximum atomic E-state index is 9.17. The molecule has 1 aromatic carbocycles. The molecule has 1 rings (SSSR count). The summed E-state index contributed by atoms with van der Waals surface area (Å²) in [5, 5.41) is 18.3.